The van der Waals surface area contributed by atoms with E-state index in [2.05, 4.69) is 10.3 Å². The van der Waals surface area contributed by atoms with E-state index >= 15 is 0 Å². The van der Waals surface area contributed by atoms with Crippen LogP contribution in [0.5, 0.6) is 0 Å². The lowest BCUT2D eigenvalue weighted by Crippen LogP contribution is -2.45. The minimum Gasteiger partial charge on any atom is -0.350 e. The van der Waals surface area contributed by atoms with Crippen LogP contribution in [0, 0.1) is 5.92 Å². The first kappa shape index (κ1) is 21.5. The molecule has 2 saturated heterocycles. The van der Waals surface area contributed by atoms with Crippen molar-refractivity contribution in [1.29, 1.82) is 0 Å². The molecule has 164 valence electrons. The molecule has 2 amide bonds. The summed E-state index contributed by atoms with van der Waals surface area (Å²) >= 11 is 0. The molecule has 4 rings (SSSR count). The summed E-state index contributed by atoms with van der Waals surface area (Å²) in [5.41, 5.74) is 1.47. The van der Waals surface area contributed by atoms with Crippen LogP contribution in [0.3, 0.4) is 0 Å². The predicted octanol–water partition coefficient (Wildman–Crippen LogP) is 1.93. The van der Waals surface area contributed by atoms with Gasteiger partial charge in [0.15, 0.2) is 0 Å². The van der Waals surface area contributed by atoms with Crippen molar-refractivity contribution >= 4 is 27.5 Å². The molecule has 9 heteroatoms. The lowest BCUT2D eigenvalue weighted by molar-refractivity contribution is -0.126. The number of benzene rings is 1. The second-order valence-electron chi connectivity index (χ2n) is 7.88. The van der Waals surface area contributed by atoms with E-state index < -0.39 is 15.9 Å². The van der Waals surface area contributed by atoms with E-state index in [9.17, 15) is 18.0 Å². The van der Waals surface area contributed by atoms with Gasteiger partial charge in [-0.1, -0.05) is 6.07 Å². The minimum atomic E-state index is -3.71. The van der Waals surface area contributed by atoms with Crippen LogP contribution in [0.25, 0.3) is 0 Å². The van der Waals surface area contributed by atoms with Gasteiger partial charge in [0.1, 0.15) is 0 Å². The highest BCUT2D eigenvalue weighted by molar-refractivity contribution is 7.89. The Bertz CT molecular complexity index is 1040. The molecule has 1 N–H and O–H groups in total. The van der Waals surface area contributed by atoms with E-state index in [1.807, 2.05) is 18.2 Å². The Morgan fingerprint density at radius 2 is 1.90 bits per heavy atom. The lowest BCUT2D eigenvalue weighted by Gasteiger charge is -2.31. The highest BCUT2D eigenvalue weighted by Gasteiger charge is 2.33. The number of anilines is 1. The summed E-state index contributed by atoms with van der Waals surface area (Å²) < 4.78 is 27.7. The minimum absolute atomic E-state index is 0.0613. The summed E-state index contributed by atoms with van der Waals surface area (Å²) in [6.07, 6.45) is 4.28. The number of nitrogens with one attached hydrogen (secondary N) is 1. The number of carbonyl (C=O) groups excluding carboxylic acids is 2. The van der Waals surface area contributed by atoms with Crippen LogP contribution in [0.1, 0.15) is 31.4 Å². The maximum Gasteiger partial charge on any atom is 0.243 e. The zero-order valence-electron chi connectivity index (χ0n) is 17.2. The van der Waals surface area contributed by atoms with Crippen molar-refractivity contribution < 1.29 is 18.0 Å². The van der Waals surface area contributed by atoms with Crippen molar-refractivity contribution in [1.82, 2.24) is 14.6 Å². The smallest absolute Gasteiger partial charge is 0.243 e. The van der Waals surface area contributed by atoms with E-state index in [0.29, 0.717) is 44.6 Å². The van der Waals surface area contributed by atoms with Crippen molar-refractivity contribution in [2.45, 2.75) is 37.1 Å². The molecule has 2 aliphatic rings. The molecule has 2 aliphatic heterocycles. The van der Waals surface area contributed by atoms with Crippen molar-refractivity contribution in [3.8, 4) is 0 Å². The zero-order valence-corrected chi connectivity index (χ0v) is 18.1. The number of amides is 2. The van der Waals surface area contributed by atoms with E-state index in [1.165, 1.54) is 4.31 Å². The quantitative estimate of drug-likeness (QED) is 0.737. The summed E-state index contributed by atoms with van der Waals surface area (Å²) in [6.45, 7) is 1.52. The average Bonchev–Trinajstić information content (AvgIpc) is 3.24. The number of pyridine rings is 1. The second kappa shape index (κ2) is 9.15. The summed E-state index contributed by atoms with van der Waals surface area (Å²) in [5.74, 6) is -0.492. The number of rotatable bonds is 6. The largest absolute Gasteiger partial charge is 0.350 e. The van der Waals surface area contributed by atoms with Gasteiger partial charge >= 0.3 is 0 Å². The molecule has 2 aromatic rings. The normalized spacial score (nSPS) is 20.1. The third-order valence-electron chi connectivity index (χ3n) is 5.78. The van der Waals surface area contributed by atoms with Gasteiger partial charge in [-0.25, -0.2) is 8.42 Å². The van der Waals surface area contributed by atoms with E-state index in [0.717, 1.165) is 12.1 Å². The van der Waals surface area contributed by atoms with Crippen LogP contribution >= 0.6 is 0 Å². The number of hydrogen-bond acceptors (Lipinski definition) is 5. The van der Waals surface area contributed by atoms with Gasteiger partial charge in [0, 0.05) is 37.9 Å². The molecular weight excluding hydrogens is 416 g/mol. The molecule has 3 heterocycles. The Morgan fingerprint density at radius 3 is 2.58 bits per heavy atom. The first-order chi connectivity index (χ1) is 14.9. The molecule has 1 atom stereocenters. The summed E-state index contributed by atoms with van der Waals surface area (Å²) in [7, 11) is -3.71. The molecule has 8 nitrogen and oxygen atoms in total. The Labute approximate surface area is 182 Å². The maximum atomic E-state index is 13.1. The van der Waals surface area contributed by atoms with Crippen LogP contribution < -0.4 is 10.2 Å². The third kappa shape index (κ3) is 4.77. The summed E-state index contributed by atoms with van der Waals surface area (Å²) in [4.78, 5) is 30.6. The van der Waals surface area contributed by atoms with Gasteiger partial charge in [-0.15, -0.1) is 0 Å². The molecule has 0 bridgehead atoms. The number of nitrogens with zero attached hydrogens (tertiary/aromatic N) is 3. The molecule has 31 heavy (non-hydrogen) atoms. The third-order valence-corrected chi connectivity index (χ3v) is 7.66. The summed E-state index contributed by atoms with van der Waals surface area (Å²) in [6, 6.07) is 11.9. The van der Waals surface area contributed by atoms with Crippen LogP contribution in [0.2, 0.25) is 0 Å². The number of sulfonamides is 1. The number of piperidine rings is 1. The van der Waals surface area contributed by atoms with Crippen LogP contribution in [0.4, 0.5) is 5.69 Å². The summed E-state index contributed by atoms with van der Waals surface area (Å²) in [5, 5.41) is 2.86. The fourth-order valence-electron chi connectivity index (χ4n) is 4.07. The van der Waals surface area contributed by atoms with Crippen LogP contribution in [0.15, 0.2) is 53.6 Å². The van der Waals surface area contributed by atoms with Crippen molar-refractivity contribution in [3.63, 3.8) is 0 Å². The van der Waals surface area contributed by atoms with Crippen LogP contribution in [-0.2, 0) is 26.2 Å². The first-order valence-corrected chi connectivity index (χ1v) is 12.0. The molecule has 0 spiro atoms. The van der Waals surface area contributed by atoms with Crippen LogP contribution in [-0.4, -0.2) is 49.2 Å². The molecule has 0 saturated carbocycles. The van der Waals surface area contributed by atoms with Gasteiger partial charge in [-0.2, -0.15) is 4.31 Å². The molecule has 0 radical (unpaired) electrons. The van der Waals surface area contributed by atoms with E-state index in [4.69, 9.17) is 0 Å². The molecule has 1 aromatic heterocycles. The highest BCUT2D eigenvalue weighted by atomic mass is 32.2. The van der Waals surface area contributed by atoms with Gasteiger partial charge in [0.25, 0.3) is 0 Å². The monoisotopic (exact) mass is 442 g/mol. The predicted molar refractivity (Wildman–Crippen MR) is 116 cm³/mol. The van der Waals surface area contributed by atoms with Gasteiger partial charge in [-0.3, -0.25) is 14.6 Å². The van der Waals surface area contributed by atoms with Gasteiger partial charge < -0.3 is 10.2 Å². The molecular formula is C22H26N4O4S. The fraction of sp³-hybridized carbons (Fsp3) is 0.409. The highest BCUT2D eigenvalue weighted by Crippen LogP contribution is 2.27. The second-order valence-corrected chi connectivity index (χ2v) is 9.82. The van der Waals surface area contributed by atoms with Crippen molar-refractivity contribution in [2.75, 3.05) is 24.5 Å². The van der Waals surface area contributed by atoms with E-state index in [-0.39, 0.29) is 23.3 Å². The Kier molecular flexibility index (Phi) is 6.33. The first-order valence-electron chi connectivity index (χ1n) is 10.5. The zero-order chi connectivity index (χ0) is 21.8. The average molecular weight is 443 g/mol. The SMILES string of the molecule is O=C(NCc1ccccn1)[C@@H]1CCCN(S(=O)(=O)c2ccc(N3CCCC3=O)cc2)C1. The van der Waals surface area contributed by atoms with Crippen molar-refractivity contribution in [2.24, 2.45) is 5.92 Å². The van der Waals surface area contributed by atoms with Crippen molar-refractivity contribution in [3.05, 3.63) is 54.4 Å². The van der Waals surface area contributed by atoms with E-state index in [1.54, 1.807) is 35.4 Å². The molecule has 1 aromatic carbocycles. The maximum absolute atomic E-state index is 13.1. The Morgan fingerprint density at radius 1 is 1.10 bits per heavy atom. The molecule has 0 unspecified atom stereocenters. The van der Waals surface area contributed by atoms with Gasteiger partial charge in [0.2, 0.25) is 21.8 Å². The lowest BCUT2D eigenvalue weighted by atomic mass is 9.99. The fourth-order valence-corrected chi connectivity index (χ4v) is 5.59. The topological polar surface area (TPSA) is 99.7 Å². The molecule has 0 aliphatic carbocycles. The Balaban J connectivity index is 1.40. The molecule has 2 fully saturated rings. The van der Waals surface area contributed by atoms with Gasteiger partial charge in [0.05, 0.1) is 23.1 Å². The Hall–Kier alpha value is -2.78. The number of aromatic nitrogens is 1. The standard InChI is InChI=1S/C22H26N4O4S/c27-21-7-4-14-26(21)19-8-10-20(11-9-19)31(29,30)25-13-3-5-17(16-25)22(28)24-15-18-6-1-2-12-23-18/h1-2,6,8-12,17H,3-5,7,13-16H2,(H,24,28)/t17-/m1/s1. The number of hydrogen-bond donors (Lipinski definition) is 1. The van der Waals surface area contributed by atoms with Gasteiger partial charge in [-0.05, 0) is 55.7 Å². The number of carbonyl (C=O) groups is 2.